The van der Waals surface area contributed by atoms with Crippen LogP contribution in [-0.2, 0) is 20.7 Å². The number of Topliss-reactive ketones (excluding diaryl/α,β-unsaturated/α-hetero) is 1. The fourth-order valence-electron chi connectivity index (χ4n) is 3.52. The molecule has 0 aliphatic heterocycles. The number of aryl methyl sites for hydroxylation is 3. The Balaban J connectivity index is 2.22. The molecule has 1 aliphatic carbocycles. The molecule has 1 aromatic rings. The van der Waals surface area contributed by atoms with Gasteiger partial charge in [-0.2, -0.15) is 0 Å². The van der Waals surface area contributed by atoms with Crippen LogP contribution in [0.3, 0.4) is 0 Å². The fraction of sp³-hybridized carbons (Fsp3) is 0.474. The molecule has 0 saturated heterocycles. The van der Waals surface area contributed by atoms with E-state index in [4.69, 9.17) is 4.74 Å². The molecule has 0 aromatic heterocycles. The van der Waals surface area contributed by atoms with E-state index in [0.29, 0.717) is 19.3 Å². The average molecular weight is 300 g/mol. The summed E-state index contributed by atoms with van der Waals surface area (Å²) in [5.74, 6) is -0.838. The van der Waals surface area contributed by atoms with Crippen LogP contribution in [0.25, 0.3) is 0 Å². The lowest BCUT2D eigenvalue weighted by Crippen LogP contribution is -2.28. The molecule has 0 unspecified atom stereocenters. The third kappa shape index (κ3) is 3.29. The number of ether oxygens (including phenoxy) is 1. The van der Waals surface area contributed by atoms with Crippen LogP contribution in [0.1, 0.15) is 35.1 Å². The standard InChI is InChI=1S/C19H24O3/c1-11-6-13(3)15(14(4)7-11)10-18(20)16-8-12(2)9-17(16)19(21)22-5/h6-7,16-17H,2,8-10H2,1,3-5H3/t16-,17-/m1/s1. The zero-order valence-corrected chi connectivity index (χ0v) is 13.9. The molecule has 0 heterocycles. The Morgan fingerprint density at radius 3 is 2.23 bits per heavy atom. The highest BCUT2D eigenvalue weighted by molar-refractivity contribution is 5.90. The number of methoxy groups -OCH3 is 1. The van der Waals surface area contributed by atoms with Crippen LogP contribution in [0.15, 0.2) is 24.3 Å². The largest absolute Gasteiger partial charge is 0.469 e. The molecule has 2 atom stereocenters. The van der Waals surface area contributed by atoms with E-state index in [-0.39, 0.29) is 23.6 Å². The number of rotatable bonds is 4. The number of ketones is 1. The van der Waals surface area contributed by atoms with Crippen LogP contribution >= 0.6 is 0 Å². The first-order valence-electron chi connectivity index (χ1n) is 7.67. The second kappa shape index (κ2) is 6.47. The molecule has 0 bridgehead atoms. The highest BCUT2D eigenvalue weighted by atomic mass is 16.5. The Morgan fingerprint density at radius 1 is 1.14 bits per heavy atom. The summed E-state index contributed by atoms with van der Waals surface area (Å²) in [6.45, 7) is 10.1. The first-order valence-corrected chi connectivity index (χ1v) is 7.67. The van der Waals surface area contributed by atoms with Crippen molar-refractivity contribution in [2.24, 2.45) is 11.8 Å². The van der Waals surface area contributed by atoms with Gasteiger partial charge in [0.1, 0.15) is 5.78 Å². The number of carbonyl (C=O) groups excluding carboxylic acids is 2. The van der Waals surface area contributed by atoms with Gasteiger partial charge in [0.25, 0.3) is 0 Å². The molecule has 0 amide bonds. The predicted octanol–water partition coefficient (Wildman–Crippen LogP) is 3.48. The summed E-state index contributed by atoms with van der Waals surface area (Å²) in [5.41, 5.74) is 5.52. The Kier molecular flexibility index (Phi) is 4.84. The lowest BCUT2D eigenvalue weighted by atomic mass is 9.86. The van der Waals surface area contributed by atoms with Crippen LogP contribution in [0.2, 0.25) is 0 Å². The van der Waals surface area contributed by atoms with Crippen molar-refractivity contribution in [3.8, 4) is 0 Å². The maximum absolute atomic E-state index is 12.7. The summed E-state index contributed by atoms with van der Waals surface area (Å²) in [7, 11) is 1.37. The Bertz CT molecular complexity index is 605. The molecule has 118 valence electrons. The number of allylic oxidation sites excluding steroid dienone is 1. The van der Waals surface area contributed by atoms with Gasteiger partial charge in [0.15, 0.2) is 0 Å². The van der Waals surface area contributed by atoms with E-state index in [2.05, 4.69) is 25.6 Å². The quantitative estimate of drug-likeness (QED) is 0.631. The third-order valence-electron chi connectivity index (χ3n) is 4.61. The van der Waals surface area contributed by atoms with Gasteiger partial charge in [-0.3, -0.25) is 9.59 Å². The van der Waals surface area contributed by atoms with Gasteiger partial charge in [-0.05, 0) is 50.3 Å². The normalized spacial score (nSPS) is 21.0. The lowest BCUT2D eigenvalue weighted by Gasteiger charge is -2.17. The highest BCUT2D eigenvalue weighted by Crippen LogP contribution is 2.37. The van der Waals surface area contributed by atoms with Crippen LogP contribution < -0.4 is 0 Å². The van der Waals surface area contributed by atoms with E-state index in [0.717, 1.165) is 22.3 Å². The molecule has 0 radical (unpaired) electrons. The Labute approximate surface area is 132 Å². The minimum Gasteiger partial charge on any atom is -0.469 e. The first-order chi connectivity index (χ1) is 10.3. The second-order valence-electron chi connectivity index (χ2n) is 6.41. The van der Waals surface area contributed by atoms with Crippen LogP contribution in [-0.4, -0.2) is 18.9 Å². The molecule has 1 saturated carbocycles. The summed E-state index contributed by atoms with van der Waals surface area (Å²) in [5, 5.41) is 0. The first kappa shape index (κ1) is 16.5. The van der Waals surface area contributed by atoms with Gasteiger partial charge in [-0.25, -0.2) is 0 Å². The topological polar surface area (TPSA) is 43.4 Å². The smallest absolute Gasteiger partial charge is 0.309 e. The van der Waals surface area contributed by atoms with Crippen molar-refractivity contribution in [1.82, 2.24) is 0 Å². The molecule has 2 rings (SSSR count). The zero-order chi connectivity index (χ0) is 16.4. The number of carbonyl (C=O) groups is 2. The van der Waals surface area contributed by atoms with E-state index >= 15 is 0 Å². The molecule has 0 N–H and O–H groups in total. The minimum absolute atomic E-state index is 0.115. The minimum atomic E-state index is -0.365. The van der Waals surface area contributed by atoms with Crippen molar-refractivity contribution >= 4 is 11.8 Å². The second-order valence-corrected chi connectivity index (χ2v) is 6.41. The maximum Gasteiger partial charge on any atom is 0.309 e. The van der Waals surface area contributed by atoms with Crippen molar-refractivity contribution in [1.29, 1.82) is 0 Å². The maximum atomic E-state index is 12.7. The van der Waals surface area contributed by atoms with E-state index in [1.807, 2.05) is 13.8 Å². The molecule has 0 spiro atoms. The average Bonchev–Trinajstić information content (AvgIpc) is 2.83. The lowest BCUT2D eigenvalue weighted by molar-refractivity contribution is -0.148. The molecule has 1 aliphatic rings. The highest BCUT2D eigenvalue weighted by Gasteiger charge is 2.40. The van der Waals surface area contributed by atoms with Gasteiger partial charge in [0, 0.05) is 12.3 Å². The summed E-state index contributed by atoms with van der Waals surface area (Å²) >= 11 is 0. The van der Waals surface area contributed by atoms with Gasteiger partial charge in [-0.1, -0.05) is 29.8 Å². The van der Waals surface area contributed by atoms with Gasteiger partial charge in [0.2, 0.25) is 0 Å². The van der Waals surface area contributed by atoms with Crippen LogP contribution in [0.5, 0.6) is 0 Å². The number of esters is 1. The molecule has 3 nitrogen and oxygen atoms in total. The summed E-state index contributed by atoms with van der Waals surface area (Å²) in [6, 6.07) is 4.20. The molecular formula is C19H24O3. The zero-order valence-electron chi connectivity index (χ0n) is 13.9. The monoisotopic (exact) mass is 300 g/mol. The van der Waals surface area contributed by atoms with Gasteiger partial charge < -0.3 is 4.74 Å². The predicted molar refractivity (Wildman–Crippen MR) is 86.7 cm³/mol. The fourth-order valence-corrected chi connectivity index (χ4v) is 3.52. The van der Waals surface area contributed by atoms with E-state index in [1.54, 1.807) is 0 Å². The Morgan fingerprint density at radius 2 is 1.68 bits per heavy atom. The van der Waals surface area contributed by atoms with Gasteiger partial charge in [0.05, 0.1) is 13.0 Å². The number of hydrogen-bond donors (Lipinski definition) is 0. The SMILES string of the molecule is C=C1C[C@@H](C(=O)Cc2c(C)cc(C)cc2C)[C@H](C(=O)OC)C1. The summed E-state index contributed by atoms with van der Waals surface area (Å²) < 4.78 is 4.84. The molecule has 1 fully saturated rings. The van der Waals surface area contributed by atoms with Crippen molar-refractivity contribution in [3.05, 3.63) is 46.5 Å². The van der Waals surface area contributed by atoms with E-state index in [1.165, 1.54) is 12.7 Å². The number of benzene rings is 1. The van der Waals surface area contributed by atoms with E-state index in [9.17, 15) is 9.59 Å². The molecule has 1 aromatic carbocycles. The van der Waals surface area contributed by atoms with Crippen molar-refractivity contribution in [2.75, 3.05) is 7.11 Å². The van der Waals surface area contributed by atoms with Gasteiger partial charge >= 0.3 is 5.97 Å². The number of hydrogen-bond acceptors (Lipinski definition) is 3. The van der Waals surface area contributed by atoms with Gasteiger partial charge in [-0.15, -0.1) is 0 Å². The molecular weight excluding hydrogens is 276 g/mol. The molecule has 3 heteroatoms. The van der Waals surface area contributed by atoms with E-state index < -0.39 is 0 Å². The van der Waals surface area contributed by atoms with Crippen LogP contribution in [0, 0.1) is 32.6 Å². The summed E-state index contributed by atoms with van der Waals surface area (Å²) in [6.07, 6.45) is 1.54. The Hall–Kier alpha value is -1.90. The molecule has 22 heavy (non-hydrogen) atoms. The summed E-state index contributed by atoms with van der Waals surface area (Å²) in [4.78, 5) is 24.6. The van der Waals surface area contributed by atoms with Crippen molar-refractivity contribution in [3.63, 3.8) is 0 Å². The van der Waals surface area contributed by atoms with Crippen molar-refractivity contribution < 1.29 is 14.3 Å². The van der Waals surface area contributed by atoms with Crippen molar-refractivity contribution in [2.45, 2.75) is 40.0 Å². The third-order valence-corrected chi connectivity index (χ3v) is 4.61. The van der Waals surface area contributed by atoms with Crippen LogP contribution in [0.4, 0.5) is 0 Å².